The van der Waals surface area contributed by atoms with Crippen molar-refractivity contribution in [1.29, 1.82) is 0 Å². The van der Waals surface area contributed by atoms with Crippen molar-refractivity contribution in [2.75, 3.05) is 13.2 Å². The number of hydrogen-bond donors (Lipinski definition) is 1. The molecule has 0 aliphatic heterocycles. The second-order valence-corrected chi connectivity index (χ2v) is 8.74. The van der Waals surface area contributed by atoms with Crippen LogP contribution in [0.5, 0.6) is 5.75 Å². The summed E-state index contributed by atoms with van der Waals surface area (Å²) in [6.45, 7) is 4.21. The van der Waals surface area contributed by atoms with Crippen LogP contribution in [0.15, 0.2) is 72.8 Å². The molecule has 7 heteroatoms. The zero-order valence-corrected chi connectivity index (χ0v) is 20.8. The molecule has 0 fully saturated rings. The van der Waals surface area contributed by atoms with E-state index in [1.54, 1.807) is 23.1 Å². The van der Waals surface area contributed by atoms with Crippen LogP contribution in [-0.4, -0.2) is 35.9 Å². The highest BCUT2D eigenvalue weighted by molar-refractivity contribution is 6.42. The van der Waals surface area contributed by atoms with Crippen molar-refractivity contribution in [3.8, 4) is 5.75 Å². The van der Waals surface area contributed by atoms with Crippen molar-refractivity contribution < 1.29 is 14.3 Å². The molecule has 3 rings (SSSR count). The highest BCUT2D eigenvalue weighted by atomic mass is 35.5. The van der Waals surface area contributed by atoms with E-state index in [1.165, 1.54) is 0 Å². The van der Waals surface area contributed by atoms with Gasteiger partial charge >= 0.3 is 0 Å². The number of halogens is 2. The number of carbonyl (C=O) groups is 2. The van der Waals surface area contributed by atoms with Crippen molar-refractivity contribution in [3.63, 3.8) is 0 Å². The molecule has 178 valence electrons. The minimum Gasteiger partial charge on any atom is -0.484 e. The Morgan fingerprint density at radius 1 is 0.941 bits per heavy atom. The van der Waals surface area contributed by atoms with Gasteiger partial charge in [0.2, 0.25) is 5.91 Å². The summed E-state index contributed by atoms with van der Waals surface area (Å²) in [7, 11) is 0. The second kappa shape index (κ2) is 12.4. The maximum Gasteiger partial charge on any atom is 0.261 e. The molecular formula is C27H28Cl2N2O3. The second-order valence-electron chi connectivity index (χ2n) is 7.92. The minimum absolute atomic E-state index is 0.182. The molecule has 0 aromatic heterocycles. The Hall–Kier alpha value is -3.02. The van der Waals surface area contributed by atoms with Crippen molar-refractivity contribution >= 4 is 35.0 Å². The fraction of sp³-hybridized carbons (Fsp3) is 0.259. The fourth-order valence-electron chi connectivity index (χ4n) is 3.62. The molecule has 3 aromatic rings. The standard InChI is InChI=1S/C27H28Cl2N2O3/c1-3-30-27(33)24(16-20-10-5-4-6-11-20)31(17-21-13-14-22(28)23(29)15-21)26(32)18-34-25-12-8-7-9-19(25)2/h4-15,24H,3,16-18H2,1-2H3,(H,30,33)/t24-/m0/s1. The summed E-state index contributed by atoms with van der Waals surface area (Å²) in [6, 6.07) is 21.6. The van der Waals surface area contributed by atoms with Crippen LogP contribution >= 0.6 is 23.2 Å². The third kappa shape index (κ3) is 6.99. The van der Waals surface area contributed by atoms with Crippen LogP contribution in [0.1, 0.15) is 23.6 Å². The van der Waals surface area contributed by atoms with Crippen LogP contribution in [0.2, 0.25) is 10.0 Å². The summed E-state index contributed by atoms with van der Waals surface area (Å²) in [6.07, 6.45) is 0.365. The first-order valence-corrected chi connectivity index (χ1v) is 11.9. The first-order valence-electron chi connectivity index (χ1n) is 11.1. The Morgan fingerprint density at radius 2 is 1.65 bits per heavy atom. The lowest BCUT2D eigenvalue weighted by Gasteiger charge is -2.31. The van der Waals surface area contributed by atoms with E-state index in [9.17, 15) is 9.59 Å². The monoisotopic (exact) mass is 498 g/mol. The van der Waals surface area contributed by atoms with Gasteiger partial charge in [-0.25, -0.2) is 0 Å². The van der Waals surface area contributed by atoms with Gasteiger partial charge in [-0.3, -0.25) is 9.59 Å². The van der Waals surface area contributed by atoms with Crippen LogP contribution in [0.3, 0.4) is 0 Å². The molecule has 0 radical (unpaired) electrons. The molecule has 1 N–H and O–H groups in total. The summed E-state index contributed by atoms with van der Waals surface area (Å²) in [5.74, 6) is 0.0973. The number of para-hydroxylation sites is 1. The summed E-state index contributed by atoms with van der Waals surface area (Å²) in [4.78, 5) is 28.2. The predicted octanol–water partition coefficient (Wildman–Crippen LogP) is 5.46. The van der Waals surface area contributed by atoms with Crippen molar-refractivity contribution in [2.45, 2.75) is 32.9 Å². The Bertz CT molecular complexity index is 1120. The quantitative estimate of drug-likeness (QED) is 0.403. The summed E-state index contributed by atoms with van der Waals surface area (Å²) < 4.78 is 5.83. The number of nitrogens with zero attached hydrogens (tertiary/aromatic N) is 1. The number of hydrogen-bond acceptors (Lipinski definition) is 3. The molecule has 2 amide bonds. The zero-order valence-electron chi connectivity index (χ0n) is 19.3. The molecule has 0 aliphatic rings. The van der Waals surface area contributed by atoms with Gasteiger partial charge in [0.25, 0.3) is 5.91 Å². The lowest BCUT2D eigenvalue weighted by Crippen LogP contribution is -2.51. The molecular weight excluding hydrogens is 471 g/mol. The average molecular weight is 499 g/mol. The third-order valence-electron chi connectivity index (χ3n) is 5.40. The van der Waals surface area contributed by atoms with E-state index in [2.05, 4.69) is 5.32 Å². The van der Waals surface area contributed by atoms with Crippen LogP contribution in [0.25, 0.3) is 0 Å². The molecule has 0 saturated heterocycles. The first kappa shape index (κ1) is 25.6. The Balaban J connectivity index is 1.92. The summed E-state index contributed by atoms with van der Waals surface area (Å²) >= 11 is 12.3. The van der Waals surface area contributed by atoms with Gasteiger partial charge in [-0.15, -0.1) is 0 Å². The summed E-state index contributed by atoms with van der Waals surface area (Å²) in [5.41, 5.74) is 2.64. The molecule has 3 aromatic carbocycles. The Kier molecular flexibility index (Phi) is 9.37. The summed E-state index contributed by atoms with van der Waals surface area (Å²) in [5, 5.41) is 3.69. The molecule has 34 heavy (non-hydrogen) atoms. The molecule has 0 unspecified atom stereocenters. The minimum atomic E-state index is -0.732. The van der Waals surface area contributed by atoms with Crippen LogP contribution < -0.4 is 10.1 Å². The van der Waals surface area contributed by atoms with Gasteiger partial charge < -0.3 is 15.0 Å². The molecule has 0 heterocycles. The Morgan fingerprint density at radius 3 is 2.32 bits per heavy atom. The molecule has 0 saturated carbocycles. The topological polar surface area (TPSA) is 58.6 Å². The van der Waals surface area contributed by atoms with Gasteiger partial charge in [0.05, 0.1) is 10.0 Å². The lowest BCUT2D eigenvalue weighted by molar-refractivity contribution is -0.142. The van der Waals surface area contributed by atoms with Crippen molar-refractivity contribution in [3.05, 3.63) is 99.5 Å². The number of rotatable bonds is 10. The number of likely N-dealkylation sites (N-methyl/N-ethyl adjacent to an activating group) is 1. The molecule has 0 spiro atoms. The van der Waals surface area contributed by atoms with Gasteiger partial charge in [0.15, 0.2) is 6.61 Å². The van der Waals surface area contributed by atoms with E-state index in [0.29, 0.717) is 28.8 Å². The van der Waals surface area contributed by atoms with Gasteiger partial charge in [0, 0.05) is 19.5 Å². The van der Waals surface area contributed by atoms with Crippen LogP contribution in [-0.2, 0) is 22.6 Å². The van der Waals surface area contributed by atoms with Gasteiger partial charge in [-0.2, -0.15) is 0 Å². The van der Waals surface area contributed by atoms with Gasteiger partial charge in [-0.05, 0) is 48.7 Å². The predicted molar refractivity (Wildman–Crippen MR) is 136 cm³/mol. The van der Waals surface area contributed by atoms with Crippen LogP contribution in [0.4, 0.5) is 0 Å². The van der Waals surface area contributed by atoms with Gasteiger partial charge in [0.1, 0.15) is 11.8 Å². The normalized spacial score (nSPS) is 11.5. The zero-order chi connectivity index (χ0) is 24.5. The highest BCUT2D eigenvalue weighted by Crippen LogP contribution is 2.24. The van der Waals surface area contributed by atoms with E-state index in [-0.39, 0.29) is 25.0 Å². The third-order valence-corrected chi connectivity index (χ3v) is 6.14. The highest BCUT2D eigenvalue weighted by Gasteiger charge is 2.30. The van der Waals surface area contributed by atoms with Gasteiger partial charge in [-0.1, -0.05) is 77.8 Å². The molecule has 5 nitrogen and oxygen atoms in total. The Labute approximate surface area is 210 Å². The first-order chi connectivity index (χ1) is 16.4. The van der Waals surface area contributed by atoms with E-state index < -0.39 is 6.04 Å². The molecule has 0 bridgehead atoms. The van der Waals surface area contributed by atoms with Crippen molar-refractivity contribution in [2.24, 2.45) is 0 Å². The number of carbonyl (C=O) groups excluding carboxylic acids is 2. The van der Waals surface area contributed by atoms with Crippen molar-refractivity contribution in [1.82, 2.24) is 10.2 Å². The number of benzene rings is 3. The maximum atomic E-state index is 13.5. The maximum absolute atomic E-state index is 13.5. The number of ether oxygens (including phenoxy) is 1. The number of aryl methyl sites for hydroxylation is 1. The largest absolute Gasteiger partial charge is 0.484 e. The average Bonchev–Trinajstić information content (AvgIpc) is 2.83. The lowest BCUT2D eigenvalue weighted by atomic mass is 10.0. The van der Waals surface area contributed by atoms with E-state index in [4.69, 9.17) is 27.9 Å². The van der Waals surface area contributed by atoms with E-state index in [0.717, 1.165) is 16.7 Å². The van der Waals surface area contributed by atoms with E-state index in [1.807, 2.05) is 68.4 Å². The molecule has 1 atom stereocenters. The number of nitrogens with one attached hydrogen (secondary N) is 1. The van der Waals surface area contributed by atoms with E-state index >= 15 is 0 Å². The molecule has 0 aliphatic carbocycles. The smallest absolute Gasteiger partial charge is 0.261 e. The fourth-order valence-corrected chi connectivity index (χ4v) is 3.94. The van der Waals surface area contributed by atoms with Crippen LogP contribution in [0, 0.1) is 6.92 Å². The SMILES string of the molecule is CCNC(=O)[C@H](Cc1ccccc1)N(Cc1ccc(Cl)c(Cl)c1)C(=O)COc1ccccc1C. The number of amides is 2.